The number of aliphatic imine (C=N–C) groups is 1. The number of likely N-dealkylation sites (N-methyl/N-ethyl adjacent to an activating group) is 1. The monoisotopic (exact) mass is 518 g/mol. The van der Waals surface area contributed by atoms with Gasteiger partial charge in [-0.1, -0.05) is 0 Å². The maximum absolute atomic E-state index is 13.4. The molecule has 3 aromatic rings. The highest BCUT2D eigenvalue weighted by molar-refractivity contribution is 7.19. The molecular weight excluding hydrogens is 484 g/mol. The molecule has 1 fully saturated rings. The van der Waals surface area contributed by atoms with Gasteiger partial charge in [0, 0.05) is 36.1 Å². The number of carbonyl (C=O) groups is 1. The number of benzene rings is 1. The molecule has 1 N–H and O–H groups in total. The minimum atomic E-state index is 0.0490. The summed E-state index contributed by atoms with van der Waals surface area (Å²) in [6.07, 6.45) is 7.17. The molecule has 1 aromatic carbocycles. The molecule has 0 unspecified atom stereocenters. The standard InChI is InChI=1S/C28H34N6O2S/c1-16(2)36-23-10-19-13-29-12-18(19)9-22(23)32-26-25-21-6-5-17(11-24(21)37-27(25)31-15-30-26)28(35)34-8-7-20(14-34)33(3)4/h9-10,12,15-17,20H,5-8,11,13-14H2,1-4H3,(H,30,31,32)/t17-,20-/m0/s1. The van der Waals surface area contributed by atoms with Crippen molar-refractivity contribution in [1.29, 1.82) is 0 Å². The molecule has 1 saturated heterocycles. The zero-order chi connectivity index (χ0) is 25.7. The maximum atomic E-state index is 13.4. The van der Waals surface area contributed by atoms with Crippen LogP contribution in [-0.2, 0) is 24.2 Å². The molecule has 2 aliphatic heterocycles. The molecule has 0 spiro atoms. The van der Waals surface area contributed by atoms with Crippen LogP contribution in [0.3, 0.4) is 0 Å². The number of aryl methyl sites for hydroxylation is 1. The number of fused-ring (bicyclic) bond motifs is 4. The second-order valence-electron chi connectivity index (χ2n) is 10.8. The molecule has 194 valence electrons. The number of ether oxygens (including phenoxy) is 1. The fourth-order valence-electron chi connectivity index (χ4n) is 5.75. The molecule has 2 aromatic heterocycles. The van der Waals surface area contributed by atoms with Crippen LogP contribution in [0.5, 0.6) is 5.75 Å². The van der Waals surface area contributed by atoms with Gasteiger partial charge in [0.2, 0.25) is 5.91 Å². The molecule has 1 aliphatic carbocycles. The number of thiophene rings is 1. The van der Waals surface area contributed by atoms with E-state index >= 15 is 0 Å². The predicted molar refractivity (Wildman–Crippen MR) is 148 cm³/mol. The van der Waals surface area contributed by atoms with Crippen LogP contribution in [0.25, 0.3) is 10.2 Å². The fourth-order valence-corrected chi connectivity index (χ4v) is 7.02. The van der Waals surface area contributed by atoms with Crippen LogP contribution in [0.4, 0.5) is 11.5 Å². The van der Waals surface area contributed by atoms with Gasteiger partial charge in [-0.05, 0) is 82.4 Å². The third-order valence-electron chi connectivity index (χ3n) is 7.75. The first-order chi connectivity index (χ1) is 17.9. The Balaban J connectivity index is 1.28. The van der Waals surface area contributed by atoms with Crippen molar-refractivity contribution < 1.29 is 9.53 Å². The van der Waals surface area contributed by atoms with Crippen LogP contribution < -0.4 is 10.1 Å². The Bertz CT molecular complexity index is 1380. The first-order valence-corrected chi connectivity index (χ1v) is 14.0. The molecule has 9 heteroatoms. The molecule has 0 saturated carbocycles. The van der Waals surface area contributed by atoms with Crippen LogP contribution >= 0.6 is 11.3 Å². The minimum Gasteiger partial charge on any atom is -0.489 e. The van der Waals surface area contributed by atoms with Crippen LogP contribution in [-0.4, -0.2) is 71.2 Å². The van der Waals surface area contributed by atoms with E-state index in [-0.39, 0.29) is 12.0 Å². The maximum Gasteiger partial charge on any atom is 0.226 e. The first kappa shape index (κ1) is 24.3. The Hall–Kier alpha value is -3.04. The van der Waals surface area contributed by atoms with Crippen molar-refractivity contribution >= 4 is 45.2 Å². The van der Waals surface area contributed by atoms with Crippen LogP contribution in [0.15, 0.2) is 23.5 Å². The molecular formula is C28H34N6O2S. The largest absolute Gasteiger partial charge is 0.489 e. The van der Waals surface area contributed by atoms with Gasteiger partial charge in [-0.3, -0.25) is 9.79 Å². The van der Waals surface area contributed by atoms with Gasteiger partial charge in [0.25, 0.3) is 0 Å². The molecule has 6 rings (SSSR count). The highest BCUT2D eigenvalue weighted by Crippen LogP contribution is 2.42. The quantitative estimate of drug-likeness (QED) is 0.520. The zero-order valence-corrected chi connectivity index (χ0v) is 22.8. The van der Waals surface area contributed by atoms with E-state index in [2.05, 4.69) is 56.3 Å². The van der Waals surface area contributed by atoms with E-state index in [1.54, 1.807) is 17.7 Å². The van der Waals surface area contributed by atoms with Gasteiger partial charge >= 0.3 is 0 Å². The number of carbonyl (C=O) groups excluding carboxylic acids is 1. The molecule has 1 amide bonds. The third kappa shape index (κ3) is 4.59. The smallest absolute Gasteiger partial charge is 0.226 e. The van der Waals surface area contributed by atoms with Crippen molar-refractivity contribution in [3.05, 3.63) is 40.0 Å². The van der Waals surface area contributed by atoms with Crippen LogP contribution in [0.2, 0.25) is 0 Å². The van der Waals surface area contributed by atoms with Crippen LogP contribution in [0.1, 0.15) is 48.3 Å². The Morgan fingerprint density at radius 2 is 2.11 bits per heavy atom. The summed E-state index contributed by atoms with van der Waals surface area (Å²) in [7, 11) is 4.20. The first-order valence-electron chi connectivity index (χ1n) is 13.2. The fraction of sp³-hybridized carbons (Fsp3) is 0.500. The summed E-state index contributed by atoms with van der Waals surface area (Å²) in [4.78, 5) is 33.6. The topological polar surface area (TPSA) is 82.9 Å². The van der Waals surface area contributed by atoms with E-state index < -0.39 is 0 Å². The van der Waals surface area contributed by atoms with Crippen molar-refractivity contribution in [2.45, 2.75) is 58.2 Å². The number of rotatable bonds is 6. The lowest BCUT2D eigenvalue weighted by atomic mass is 9.87. The third-order valence-corrected chi connectivity index (χ3v) is 8.91. The van der Waals surface area contributed by atoms with E-state index in [0.717, 1.165) is 71.8 Å². The zero-order valence-electron chi connectivity index (χ0n) is 22.0. The normalized spacial score (nSPS) is 20.6. The van der Waals surface area contributed by atoms with E-state index in [4.69, 9.17) is 4.74 Å². The summed E-state index contributed by atoms with van der Waals surface area (Å²) in [6.45, 7) is 6.46. The summed E-state index contributed by atoms with van der Waals surface area (Å²) < 4.78 is 6.16. The predicted octanol–water partition coefficient (Wildman–Crippen LogP) is 4.42. The second kappa shape index (κ2) is 9.68. The summed E-state index contributed by atoms with van der Waals surface area (Å²) in [5.41, 5.74) is 4.45. The van der Waals surface area contributed by atoms with E-state index in [0.29, 0.717) is 18.5 Å². The van der Waals surface area contributed by atoms with E-state index in [1.165, 1.54) is 16.0 Å². The molecule has 37 heavy (non-hydrogen) atoms. The average molecular weight is 519 g/mol. The lowest BCUT2D eigenvalue weighted by molar-refractivity contribution is -0.134. The molecule has 0 radical (unpaired) electrons. The van der Waals surface area contributed by atoms with Crippen molar-refractivity contribution in [1.82, 2.24) is 19.8 Å². The number of likely N-dealkylation sites (tertiary alicyclic amines) is 1. The number of amides is 1. The lowest BCUT2D eigenvalue weighted by Crippen LogP contribution is -2.39. The number of hydrogen-bond donors (Lipinski definition) is 1. The lowest BCUT2D eigenvalue weighted by Gasteiger charge is -2.27. The Morgan fingerprint density at radius 1 is 1.24 bits per heavy atom. The van der Waals surface area contributed by atoms with E-state index in [1.807, 2.05) is 20.1 Å². The van der Waals surface area contributed by atoms with Crippen molar-refractivity contribution in [3.63, 3.8) is 0 Å². The summed E-state index contributed by atoms with van der Waals surface area (Å²) in [6, 6.07) is 4.65. The summed E-state index contributed by atoms with van der Waals surface area (Å²) in [5.74, 6) is 1.96. The van der Waals surface area contributed by atoms with Gasteiger partial charge in [0.05, 0.1) is 23.7 Å². The van der Waals surface area contributed by atoms with Crippen molar-refractivity contribution in [3.8, 4) is 5.75 Å². The van der Waals surface area contributed by atoms with Gasteiger partial charge < -0.3 is 19.9 Å². The van der Waals surface area contributed by atoms with Gasteiger partial charge in [-0.15, -0.1) is 11.3 Å². The number of hydrogen-bond acceptors (Lipinski definition) is 8. The molecule has 4 heterocycles. The van der Waals surface area contributed by atoms with Gasteiger partial charge in [-0.25, -0.2) is 9.97 Å². The Morgan fingerprint density at radius 3 is 2.89 bits per heavy atom. The molecule has 8 nitrogen and oxygen atoms in total. The van der Waals surface area contributed by atoms with Gasteiger partial charge in [-0.2, -0.15) is 0 Å². The van der Waals surface area contributed by atoms with Gasteiger partial charge in [0.15, 0.2) is 0 Å². The second-order valence-corrected chi connectivity index (χ2v) is 11.9. The average Bonchev–Trinajstić information content (AvgIpc) is 3.61. The number of nitrogens with zero attached hydrogens (tertiary/aromatic N) is 5. The van der Waals surface area contributed by atoms with Crippen LogP contribution in [0, 0.1) is 5.92 Å². The van der Waals surface area contributed by atoms with E-state index in [9.17, 15) is 4.79 Å². The Labute approximate surface area is 221 Å². The Kier molecular flexibility index (Phi) is 6.36. The minimum absolute atomic E-state index is 0.0490. The summed E-state index contributed by atoms with van der Waals surface area (Å²) in [5, 5.41) is 4.65. The number of aromatic nitrogens is 2. The van der Waals surface area contributed by atoms with Crippen molar-refractivity contribution in [2.24, 2.45) is 10.9 Å². The molecule has 3 aliphatic rings. The highest BCUT2D eigenvalue weighted by atomic mass is 32.1. The number of anilines is 2. The summed E-state index contributed by atoms with van der Waals surface area (Å²) >= 11 is 1.71. The van der Waals surface area contributed by atoms with Gasteiger partial charge in [0.1, 0.15) is 22.7 Å². The van der Waals surface area contributed by atoms with Crippen molar-refractivity contribution in [2.75, 3.05) is 32.5 Å². The molecule has 2 atom stereocenters. The SMILES string of the molecule is CC(C)Oc1cc2c(cc1Nc1ncnc3sc4c(c13)CC[C@H](C(=O)N1CC[C@H](N(C)C)C1)C4)C=NC2. The highest BCUT2D eigenvalue weighted by Gasteiger charge is 2.35. The number of nitrogens with one attached hydrogen (secondary N) is 1. The molecule has 0 bridgehead atoms.